The van der Waals surface area contributed by atoms with Crippen LogP contribution in [0.2, 0.25) is 0 Å². The van der Waals surface area contributed by atoms with Crippen LogP contribution in [-0.2, 0) is 28.3 Å². The lowest BCUT2D eigenvalue weighted by Gasteiger charge is -2.32. The summed E-state index contributed by atoms with van der Waals surface area (Å²) in [5.74, 6) is 1.63. The summed E-state index contributed by atoms with van der Waals surface area (Å²) in [6, 6.07) is 25.2. The summed E-state index contributed by atoms with van der Waals surface area (Å²) in [5.41, 5.74) is 4.29. The topological polar surface area (TPSA) is 58.6 Å². The predicted octanol–water partition coefficient (Wildman–Crippen LogP) is 5.40. The van der Waals surface area contributed by atoms with E-state index in [9.17, 15) is 9.59 Å². The molecule has 6 heteroatoms. The van der Waals surface area contributed by atoms with E-state index < -0.39 is 6.04 Å². The molecule has 3 aromatic rings. The van der Waals surface area contributed by atoms with Crippen molar-refractivity contribution in [1.82, 2.24) is 10.2 Å². The molecule has 3 aromatic carbocycles. The van der Waals surface area contributed by atoms with E-state index in [0.717, 1.165) is 28.0 Å². The lowest BCUT2D eigenvalue weighted by atomic mass is 10.0. The second kappa shape index (κ2) is 13.7. The van der Waals surface area contributed by atoms with Crippen LogP contribution in [0.5, 0.6) is 5.75 Å². The fourth-order valence-corrected chi connectivity index (χ4v) is 4.84. The van der Waals surface area contributed by atoms with Gasteiger partial charge in [0, 0.05) is 24.8 Å². The van der Waals surface area contributed by atoms with E-state index in [1.165, 1.54) is 0 Å². The number of methoxy groups -OCH3 is 1. The first kappa shape index (κ1) is 27.3. The number of rotatable bonds is 12. The van der Waals surface area contributed by atoms with Gasteiger partial charge in [0.2, 0.25) is 11.8 Å². The maximum Gasteiger partial charge on any atom is 0.243 e. The maximum absolute atomic E-state index is 13.7. The highest BCUT2D eigenvalue weighted by Crippen LogP contribution is 2.21. The average molecular weight is 505 g/mol. The number of aryl methyl sites for hydroxylation is 1. The Hall–Kier alpha value is -3.25. The third-order valence-electron chi connectivity index (χ3n) is 5.96. The van der Waals surface area contributed by atoms with Gasteiger partial charge < -0.3 is 15.0 Å². The first-order chi connectivity index (χ1) is 17.4. The summed E-state index contributed by atoms with van der Waals surface area (Å²) in [6.45, 7) is 6.31. The summed E-state index contributed by atoms with van der Waals surface area (Å²) < 4.78 is 5.23. The third-order valence-corrected chi connectivity index (χ3v) is 6.95. The Morgan fingerprint density at radius 2 is 1.58 bits per heavy atom. The molecular weight excluding hydrogens is 468 g/mol. The van der Waals surface area contributed by atoms with Crippen LogP contribution in [0.4, 0.5) is 0 Å². The van der Waals surface area contributed by atoms with Crippen molar-refractivity contribution >= 4 is 23.6 Å². The van der Waals surface area contributed by atoms with Crippen LogP contribution in [0, 0.1) is 6.92 Å². The summed E-state index contributed by atoms with van der Waals surface area (Å²) in [6.07, 6.45) is 0.458. The molecule has 0 aliphatic rings. The molecule has 0 aliphatic carbocycles. The average Bonchev–Trinajstić information content (AvgIpc) is 2.87. The first-order valence-electron chi connectivity index (χ1n) is 12.3. The number of nitrogens with zero attached hydrogens (tertiary/aromatic N) is 1. The van der Waals surface area contributed by atoms with Crippen molar-refractivity contribution in [3.05, 3.63) is 101 Å². The SMILES string of the molecule is COc1ccc(CSCC(=O)N(Cc2ccccc2C)[C@@H](Cc2ccccc2)C(=O)NC(C)C)cc1. The molecule has 0 heterocycles. The Kier molecular flexibility index (Phi) is 10.4. The van der Waals surface area contributed by atoms with Crippen molar-refractivity contribution in [2.24, 2.45) is 0 Å². The van der Waals surface area contributed by atoms with Crippen molar-refractivity contribution in [1.29, 1.82) is 0 Å². The molecule has 0 saturated carbocycles. The van der Waals surface area contributed by atoms with Crippen molar-refractivity contribution in [3.8, 4) is 5.75 Å². The van der Waals surface area contributed by atoms with E-state index >= 15 is 0 Å². The molecular formula is C30H36N2O3S. The van der Waals surface area contributed by atoms with E-state index in [1.54, 1.807) is 23.8 Å². The van der Waals surface area contributed by atoms with E-state index in [4.69, 9.17) is 4.74 Å². The molecule has 0 bridgehead atoms. The zero-order valence-corrected chi connectivity index (χ0v) is 22.4. The van der Waals surface area contributed by atoms with Gasteiger partial charge in [-0.05, 0) is 55.2 Å². The van der Waals surface area contributed by atoms with Crippen LogP contribution in [0.25, 0.3) is 0 Å². The molecule has 1 atom stereocenters. The molecule has 0 fully saturated rings. The van der Waals surface area contributed by atoms with Gasteiger partial charge in [0.1, 0.15) is 11.8 Å². The third kappa shape index (κ3) is 8.16. The molecule has 3 rings (SSSR count). The predicted molar refractivity (Wildman–Crippen MR) is 148 cm³/mol. The Labute approximate surface area is 219 Å². The summed E-state index contributed by atoms with van der Waals surface area (Å²) >= 11 is 1.56. The Morgan fingerprint density at radius 1 is 0.917 bits per heavy atom. The van der Waals surface area contributed by atoms with E-state index in [1.807, 2.05) is 99.6 Å². The molecule has 0 aromatic heterocycles. The molecule has 2 amide bonds. The van der Waals surface area contributed by atoms with Crippen molar-refractivity contribution < 1.29 is 14.3 Å². The van der Waals surface area contributed by atoms with Crippen molar-refractivity contribution in [2.45, 2.75) is 51.6 Å². The van der Waals surface area contributed by atoms with Crippen LogP contribution >= 0.6 is 11.8 Å². The van der Waals surface area contributed by atoms with Gasteiger partial charge in [0.25, 0.3) is 0 Å². The summed E-state index contributed by atoms with van der Waals surface area (Å²) in [4.78, 5) is 28.8. The second-order valence-electron chi connectivity index (χ2n) is 9.16. The van der Waals surface area contributed by atoms with E-state index in [2.05, 4.69) is 5.32 Å². The summed E-state index contributed by atoms with van der Waals surface area (Å²) in [7, 11) is 1.65. The minimum absolute atomic E-state index is 0.0179. The smallest absolute Gasteiger partial charge is 0.243 e. The van der Waals surface area contributed by atoms with E-state index in [0.29, 0.717) is 18.7 Å². The zero-order valence-electron chi connectivity index (χ0n) is 21.6. The minimum Gasteiger partial charge on any atom is -0.497 e. The van der Waals surface area contributed by atoms with Crippen LogP contribution in [0.3, 0.4) is 0 Å². The molecule has 5 nitrogen and oxygen atoms in total. The minimum atomic E-state index is -0.608. The van der Waals surface area contributed by atoms with E-state index in [-0.39, 0.29) is 23.6 Å². The fourth-order valence-electron chi connectivity index (χ4n) is 3.97. The first-order valence-corrected chi connectivity index (χ1v) is 13.4. The monoisotopic (exact) mass is 504 g/mol. The number of benzene rings is 3. The van der Waals surface area contributed by atoms with Crippen LogP contribution in [0.1, 0.15) is 36.1 Å². The number of hydrogen-bond donors (Lipinski definition) is 1. The van der Waals surface area contributed by atoms with Gasteiger partial charge in [-0.3, -0.25) is 9.59 Å². The number of amides is 2. The molecule has 190 valence electrons. The molecule has 0 saturated heterocycles. The Morgan fingerprint density at radius 3 is 2.22 bits per heavy atom. The number of carbonyl (C=O) groups is 2. The molecule has 0 radical (unpaired) electrons. The van der Waals surface area contributed by atoms with Gasteiger partial charge in [-0.1, -0.05) is 66.7 Å². The highest BCUT2D eigenvalue weighted by Gasteiger charge is 2.30. The number of thioether (sulfide) groups is 1. The lowest BCUT2D eigenvalue weighted by Crippen LogP contribution is -2.52. The molecule has 0 unspecified atom stereocenters. The van der Waals surface area contributed by atoms with Crippen LogP contribution in [-0.4, -0.2) is 41.7 Å². The number of carbonyl (C=O) groups excluding carboxylic acids is 2. The van der Waals surface area contributed by atoms with Crippen molar-refractivity contribution in [2.75, 3.05) is 12.9 Å². The molecule has 36 heavy (non-hydrogen) atoms. The van der Waals surface area contributed by atoms with Gasteiger partial charge in [-0.2, -0.15) is 0 Å². The van der Waals surface area contributed by atoms with Gasteiger partial charge in [-0.15, -0.1) is 11.8 Å². The van der Waals surface area contributed by atoms with Gasteiger partial charge in [0.15, 0.2) is 0 Å². The van der Waals surface area contributed by atoms with Gasteiger partial charge in [-0.25, -0.2) is 0 Å². The number of hydrogen-bond acceptors (Lipinski definition) is 4. The van der Waals surface area contributed by atoms with Crippen molar-refractivity contribution in [3.63, 3.8) is 0 Å². The fraction of sp³-hybridized carbons (Fsp3) is 0.333. The maximum atomic E-state index is 13.7. The zero-order chi connectivity index (χ0) is 25.9. The highest BCUT2D eigenvalue weighted by atomic mass is 32.2. The lowest BCUT2D eigenvalue weighted by molar-refractivity contribution is -0.139. The number of ether oxygens (including phenoxy) is 1. The van der Waals surface area contributed by atoms with Gasteiger partial charge >= 0.3 is 0 Å². The summed E-state index contributed by atoms with van der Waals surface area (Å²) in [5, 5.41) is 3.04. The molecule has 0 aliphatic heterocycles. The second-order valence-corrected chi connectivity index (χ2v) is 10.1. The van der Waals surface area contributed by atoms with Crippen LogP contribution < -0.4 is 10.1 Å². The number of nitrogens with one attached hydrogen (secondary N) is 1. The largest absolute Gasteiger partial charge is 0.497 e. The standard InChI is InChI=1S/C30H36N2O3S/c1-22(2)31-30(34)28(18-24-11-6-5-7-12-24)32(19-26-13-9-8-10-23(26)3)29(33)21-36-20-25-14-16-27(35-4)17-15-25/h5-17,22,28H,18-21H2,1-4H3,(H,31,34)/t28-/m0/s1. The molecule has 0 spiro atoms. The van der Waals surface area contributed by atoms with Gasteiger partial charge in [0.05, 0.1) is 12.9 Å². The Balaban J connectivity index is 1.83. The molecule has 1 N–H and O–H groups in total. The quantitative estimate of drug-likeness (QED) is 0.359. The normalized spacial score (nSPS) is 11.7. The highest BCUT2D eigenvalue weighted by molar-refractivity contribution is 7.99. The van der Waals surface area contributed by atoms with Crippen LogP contribution in [0.15, 0.2) is 78.9 Å². The Bertz CT molecular complexity index is 1120.